The lowest BCUT2D eigenvalue weighted by Gasteiger charge is -2.12. The van der Waals surface area contributed by atoms with Crippen LogP contribution in [0.1, 0.15) is 27.3 Å². The number of aromatic nitrogens is 1. The number of hydrogen-bond acceptors (Lipinski definition) is 4. The average Bonchev–Trinajstić information content (AvgIpc) is 3.06. The SMILES string of the molecule is COc1ccc(CC(=O)NNC(=O)c2cc(C)n(-c3ccccc3)c2C)c(OC)c1. The van der Waals surface area contributed by atoms with Gasteiger partial charge in [-0.25, -0.2) is 0 Å². The zero-order valence-corrected chi connectivity index (χ0v) is 17.5. The van der Waals surface area contributed by atoms with Crippen molar-refractivity contribution in [3.05, 3.63) is 77.1 Å². The molecule has 0 saturated carbocycles. The summed E-state index contributed by atoms with van der Waals surface area (Å²) in [5.74, 6) is 0.448. The van der Waals surface area contributed by atoms with E-state index in [1.165, 1.54) is 7.11 Å². The molecular weight excluding hydrogens is 382 g/mol. The Morgan fingerprint density at radius 2 is 1.67 bits per heavy atom. The minimum absolute atomic E-state index is 0.0521. The first kappa shape index (κ1) is 21.0. The lowest BCUT2D eigenvalue weighted by Crippen LogP contribution is -2.42. The number of benzene rings is 2. The number of nitrogens with zero attached hydrogens (tertiary/aromatic N) is 1. The van der Waals surface area contributed by atoms with Crippen LogP contribution in [0.4, 0.5) is 0 Å². The molecule has 156 valence electrons. The Hall–Kier alpha value is -3.74. The molecule has 0 unspecified atom stereocenters. The first-order chi connectivity index (χ1) is 14.4. The molecule has 0 spiro atoms. The zero-order valence-electron chi connectivity index (χ0n) is 17.5. The number of hydrazine groups is 1. The van der Waals surface area contributed by atoms with Crippen molar-refractivity contribution < 1.29 is 19.1 Å². The quantitative estimate of drug-likeness (QED) is 0.615. The summed E-state index contributed by atoms with van der Waals surface area (Å²) in [5, 5.41) is 0. The summed E-state index contributed by atoms with van der Waals surface area (Å²) >= 11 is 0. The van der Waals surface area contributed by atoms with Gasteiger partial charge in [0, 0.05) is 28.7 Å². The van der Waals surface area contributed by atoms with Gasteiger partial charge in [-0.3, -0.25) is 20.4 Å². The van der Waals surface area contributed by atoms with E-state index in [1.807, 2.05) is 48.7 Å². The molecular formula is C23H25N3O4. The van der Waals surface area contributed by atoms with E-state index >= 15 is 0 Å². The molecule has 7 heteroatoms. The fraction of sp³-hybridized carbons (Fsp3) is 0.217. The van der Waals surface area contributed by atoms with Crippen molar-refractivity contribution in [3.63, 3.8) is 0 Å². The molecule has 0 radical (unpaired) electrons. The van der Waals surface area contributed by atoms with Gasteiger partial charge in [0.25, 0.3) is 5.91 Å². The molecule has 0 aliphatic heterocycles. The van der Waals surface area contributed by atoms with E-state index < -0.39 is 0 Å². The van der Waals surface area contributed by atoms with Crippen LogP contribution >= 0.6 is 0 Å². The van der Waals surface area contributed by atoms with E-state index in [2.05, 4.69) is 10.9 Å². The number of carbonyl (C=O) groups excluding carboxylic acids is 2. The van der Waals surface area contributed by atoms with E-state index in [1.54, 1.807) is 31.4 Å². The summed E-state index contributed by atoms with van der Waals surface area (Å²) in [6, 6.07) is 16.8. The molecule has 7 nitrogen and oxygen atoms in total. The second kappa shape index (κ2) is 9.17. The number of hydrogen-bond donors (Lipinski definition) is 2. The highest BCUT2D eigenvalue weighted by molar-refractivity contribution is 5.97. The molecule has 2 amide bonds. The van der Waals surface area contributed by atoms with Crippen LogP contribution in [0.25, 0.3) is 5.69 Å². The van der Waals surface area contributed by atoms with Crippen LogP contribution in [0.5, 0.6) is 11.5 Å². The van der Waals surface area contributed by atoms with Crippen molar-refractivity contribution in [3.8, 4) is 17.2 Å². The van der Waals surface area contributed by atoms with Crippen molar-refractivity contribution in [1.82, 2.24) is 15.4 Å². The predicted octanol–water partition coefficient (Wildman–Crippen LogP) is 3.12. The first-order valence-corrected chi connectivity index (χ1v) is 9.49. The lowest BCUT2D eigenvalue weighted by atomic mass is 10.1. The van der Waals surface area contributed by atoms with E-state index in [9.17, 15) is 9.59 Å². The summed E-state index contributed by atoms with van der Waals surface area (Å²) < 4.78 is 12.5. The fourth-order valence-corrected chi connectivity index (χ4v) is 3.38. The highest BCUT2D eigenvalue weighted by Gasteiger charge is 2.17. The van der Waals surface area contributed by atoms with Crippen LogP contribution in [0.15, 0.2) is 54.6 Å². The third-order valence-corrected chi connectivity index (χ3v) is 4.85. The van der Waals surface area contributed by atoms with Crippen LogP contribution in [0, 0.1) is 13.8 Å². The number of ether oxygens (including phenoxy) is 2. The molecule has 0 atom stereocenters. The normalized spacial score (nSPS) is 10.4. The molecule has 0 aliphatic rings. The Morgan fingerprint density at radius 1 is 0.933 bits per heavy atom. The Labute approximate surface area is 175 Å². The standard InChI is InChI=1S/C23H25N3O4/c1-15-12-20(16(2)26(15)18-8-6-5-7-9-18)23(28)25-24-22(27)13-17-10-11-19(29-3)14-21(17)30-4/h5-12,14H,13H2,1-4H3,(H,24,27)(H,25,28). The summed E-state index contributed by atoms with van der Waals surface area (Å²) in [6.07, 6.45) is 0.0521. The number of rotatable bonds is 6. The third kappa shape index (κ3) is 4.46. The van der Waals surface area contributed by atoms with Gasteiger partial charge in [-0.15, -0.1) is 0 Å². The topological polar surface area (TPSA) is 81.6 Å². The molecule has 30 heavy (non-hydrogen) atoms. The zero-order chi connectivity index (χ0) is 21.7. The van der Waals surface area contributed by atoms with Crippen molar-refractivity contribution in [1.29, 1.82) is 0 Å². The molecule has 0 aliphatic carbocycles. The molecule has 1 heterocycles. The summed E-state index contributed by atoms with van der Waals surface area (Å²) in [6.45, 7) is 3.81. The van der Waals surface area contributed by atoms with Gasteiger partial charge in [0.15, 0.2) is 0 Å². The maximum atomic E-state index is 12.6. The molecule has 2 N–H and O–H groups in total. The first-order valence-electron chi connectivity index (χ1n) is 9.49. The minimum Gasteiger partial charge on any atom is -0.497 e. The van der Waals surface area contributed by atoms with Crippen LogP contribution in [-0.4, -0.2) is 30.6 Å². The van der Waals surface area contributed by atoms with Crippen molar-refractivity contribution in [2.75, 3.05) is 14.2 Å². The minimum atomic E-state index is -0.375. The van der Waals surface area contributed by atoms with Crippen molar-refractivity contribution in [2.45, 2.75) is 20.3 Å². The second-order valence-corrected chi connectivity index (χ2v) is 6.81. The molecule has 0 bridgehead atoms. The van der Waals surface area contributed by atoms with Gasteiger partial charge in [-0.05, 0) is 38.1 Å². The van der Waals surface area contributed by atoms with Gasteiger partial charge in [-0.1, -0.05) is 24.3 Å². The van der Waals surface area contributed by atoms with Gasteiger partial charge in [0.05, 0.1) is 26.2 Å². The summed E-state index contributed by atoms with van der Waals surface area (Å²) in [5.41, 5.74) is 8.85. The largest absolute Gasteiger partial charge is 0.497 e. The Balaban J connectivity index is 1.67. The van der Waals surface area contributed by atoms with Gasteiger partial charge in [-0.2, -0.15) is 0 Å². The lowest BCUT2D eigenvalue weighted by molar-refractivity contribution is -0.121. The van der Waals surface area contributed by atoms with Crippen LogP contribution in [0.3, 0.4) is 0 Å². The van der Waals surface area contributed by atoms with Crippen LogP contribution < -0.4 is 20.3 Å². The molecule has 0 saturated heterocycles. The van der Waals surface area contributed by atoms with E-state index in [0.717, 1.165) is 17.1 Å². The summed E-state index contributed by atoms with van der Waals surface area (Å²) in [7, 11) is 3.09. The molecule has 1 aromatic heterocycles. The van der Waals surface area contributed by atoms with Gasteiger partial charge >= 0.3 is 0 Å². The summed E-state index contributed by atoms with van der Waals surface area (Å²) in [4.78, 5) is 25.0. The number of para-hydroxylation sites is 1. The number of carbonyl (C=O) groups is 2. The van der Waals surface area contributed by atoms with Crippen LogP contribution in [-0.2, 0) is 11.2 Å². The van der Waals surface area contributed by atoms with Crippen LogP contribution in [0.2, 0.25) is 0 Å². The third-order valence-electron chi connectivity index (χ3n) is 4.85. The number of nitrogens with one attached hydrogen (secondary N) is 2. The molecule has 3 aromatic rings. The van der Waals surface area contributed by atoms with Crippen molar-refractivity contribution >= 4 is 11.8 Å². The number of amides is 2. The molecule has 3 rings (SSSR count). The average molecular weight is 407 g/mol. The van der Waals surface area contributed by atoms with E-state index in [-0.39, 0.29) is 18.2 Å². The number of methoxy groups -OCH3 is 2. The molecule has 2 aromatic carbocycles. The Bertz CT molecular complexity index is 1060. The number of aryl methyl sites for hydroxylation is 1. The van der Waals surface area contributed by atoms with Gasteiger partial charge in [0.1, 0.15) is 11.5 Å². The second-order valence-electron chi connectivity index (χ2n) is 6.81. The smallest absolute Gasteiger partial charge is 0.271 e. The highest BCUT2D eigenvalue weighted by atomic mass is 16.5. The highest BCUT2D eigenvalue weighted by Crippen LogP contribution is 2.25. The molecule has 0 fully saturated rings. The maximum Gasteiger partial charge on any atom is 0.271 e. The fourth-order valence-electron chi connectivity index (χ4n) is 3.38. The Kier molecular flexibility index (Phi) is 6.41. The van der Waals surface area contributed by atoms with E-state index in [0.29, 0.717) is 22.6 Å². The monoisotopic (exact) mass is 407 g/mol. The predicted molar refractivity (Wildman–Crippen MR) is 114 cm³/mol. The van der Waals surface area contributed by atoms with Gasteiger partial charge in [0.2, 0.25) is 5.91 Å². The van der Waals surface area contributed by atoms with Gasteiger partial charge < -0.3 is 14.0 Å². The Morgan fingerprint density at radius 3 is 2.33 bits per heavy atom. The van der Waals surface area contributed by atoms with Crippen molar-refractivity contribution in [2.24, 2.45) is 0 Å². The maximum absolute atomic E-state index is 12.6. The van der Waals surface area contributed by atoms with E-state index in [4.69, 9.17) is 9.47 Å².